The molecule has 1 aliphatic rings. The van der Waals surface area contributed by atoms with Crippen LogP contribution in [0.15, 0.2) is 0 Å². The van der Waals surface area contributed by atoms with Crippen molar-refractivity contribution in [3.8, 4) is 0 Å². The molecule has 1 fully saturated rings. The van der Waals surface area contributed by atoms with E-state index in [0.717, 1.165) is 38.5 Å². The first-order valence-corrected chi connectivity index (χ1v) is 34.2. The van der Waals surface area contributed by atoms with E-state index in [2.05, 4.69) is 19.2 Å². The highest BCUT2D eigenvalue weighted by atomic mass is 16.7. The molecule has 9 nitrogen and oxygen atoms in total. The average molecular weight is 1080 g/mol. The molecule has 0 aromatic rings. The second-order valence-corrected chi connectivity index (χ2v) is 24.3. The van der Waals surface area contributed by atoms with Gasteiger partial charge in [0, 0.05) is 6.42 Å². The first kappa shape index (κ1) is 73.2. The molecule has 1 amide bonds. The van der Waals surface area contributed by atoms with Crippen molar-refractivity contribution in [1.29, 1.82) is 0 Å². The standard InChI is InChI=1S/C67H133NO8/c1-3-5-7-9-11-13-15-17-19-20-21-22-23-24-25-26-27-28-29-30-31-32-33-34-35-36-37-38-39-40-41-42-43-45-47-49-51-53-55-57-63(71)68-60(59-75-67-66(74)65(73)64(72)62(58-69)76-67)61(70)56-54-52-50-48-46-44-18-16-14-12-10-8-6-4-2/h60-62,64-67,69-70,72-74H,3-59H2,1-2H3,(H,68,71). The lowest BCUT2D eigenvalue weighted by Gasteiger charge is -2.40. The van der Waals surface area contributed by atoms with Crippen LogP contribution in [0.1, 0.15) is 367 Å². The molecule has 0 aromatic heterocycles. The van der Waals surface area contributed by atoms with Crippen molar-refractivity contribution in [1.82, 2.24) is 5.32 Å². The van der Waals surface area contributed by atoms with Crippen molar-refractivity contribution in [2.45, 2.75) is 410 Å². The van der Waals surface area contributed by atoms with Crippen LogP contribution in [0.2, 0.25) is 0 Å². The van der Waals surface area contributed by atoms with E-state index in [9.17, 15) is 30.3 Å². The van der Waals surface area contributed by atoms with Crippen molar-refractivity contribution < 1.29 is 39.8 Å². The van der Waals surface area contributed by atoms with Crippen molar-refractivity contribution in [3.63, 3.8) is 0 Å². The number of hydrogen-bond donors (Lipinski definition) is 6. The Balaban J connectivity index is 1.99. The van der Waals surface area contributed by atoms with Crippen LogP contribution in [0.3, 0.4) is 0 Å². The molecule has 0 bridgehead atoms. The lowest BCUT2D eigenvalue weighted by atomic mass is 9.99. The van der Waals surface area contributed by atoms with Gasteiger partial charge in [0.25, 0.3) is 0 Å². The van der Waals surface area contributed by atoms with Crippen LogP contribution in [0.4, 0.5) is 0 Å². The number of rotatable bonds is 61. The fourth-order valence-corrected chi connectivity index (χ4v) is 11.6. The van der Waals surface area contributed by atoms with E-state index in [1.54, 1.807) is 0 Å². The summed E-state index contributed by atoms with van der Waals surface area (Å²) in [6.07, 6.45) is 64.8. The van der Waals surface area contributed by atoms with Gasteiger partial charge in [-0.05, 0) is 12.8 Å². The molecule has 0 aromatic carbocycles. The zero-order valence-electron chi connectivity index (χ0n) is 50.8. The molecular weight excluding hydrogens is 947 g/mol. The normalized spacial score (nSPS) is 18.6. The largest absolute Gasteiger partial charge is 0.394 e. The third-order valence-corrected chi connectivity index (χ3v) is 17.0. The summed E-state index contributed by atoms with van der Waals surface area (Å²) < 4.78 is 11.3. The zero-order chi connectivity index (χ0) is 55.0. The molecule has 7 unspecified atom stereocenters. The molecule has 76 heavy (non-hydrogen) atoms. The van der Waals surface area contributed by atoms with E-state index in [-0.39, 0.29) is 12.5 Å². The van der Waals surface area contributed by atoms with Crippen molar-refractivity contribution >= 4 is 5.91 Å². The predicted octanol–water partition coefficient (Wildman–Crippen LogP) is 18.1. The Hall–Kier alpha value is -0.810. The fraction of sp³-hybridized carbons (Fsp3) is 0.985. The third-order valence-electron chi connectivity index (χ3n) is 17.0. The minimum atomic E-state index is -1.55. The number of carbonyl (C=O) groups is 1. The molecule has 9 heteroatoms. The lowest BCUT2D eigenvalue weighted by Crippen LogP contribution is -2.60. The van der Waals surface area contributed by atoms with Gasteiger partial charge in [0.2, 0.25) is 5.91 Å². The molecular formula is C67H133NO8. The maximum Gasteiger partial charge on any atom is 0.220 e. The Morgan fingerprint density at radius 1 is 0.395 bits per heavy atom. The van der Waals surface area contributed by atoms with Gasteiger partial charge < -0.3 is 40.3 Å². The number of amides is 1. The smallest absolute Gasteiger partial charge is 0.220 e. The van der Waals surface area contributed by atoms with E-state index >= 15 is 0 Å². The number of aliphatic hydroxyl groups excluding tert-OH is 5. The minimum absolute atomic E-state index is 0.131. The zero-order valence-corrected chi connectivity index (χ0v) is 50.8. The summed E-state index contributed by atoms with van der Waals surface area (Å²) in [6, 6.07) is -0.713. The molecule has 1 aliphatic heterocycles. The molecule has 1 heterocycles. The molecule has 0 aliphatic carbocycles. The number of aliphatic hydroxyl groups is 5. The van der Waals surface area contributed by atoms with E-state index in [1.807, 2.05) is 0 Å². The van der Waals surface area contributed by atoms with Gasteiger partial charge >= 0.3 is 0 Å². The highest BCUT2D eigenvalue weighted by Gasteiger charge is 2.44. The Bertz CT molecular complexity index is 1160. The first-order valence-electron chi connectivity index (χ1n) is 34.2. The maximum absolute atomic E-state index is 13.1. The summed E-state index contributed by atoms with van der Waals surface area (Å²) in [4.78, 5) is 13.1. The van der Waals surface area contributed by atoms with Crippen LogP contribution < -0.4 is 5.32 Å². The summed E-state index contributed by atoms with van der Waals surface area (Å²) in [5.74, 6) is -0.135. The maximum atomic E-state index is 13.1. The van der Waals surface area contributed by atoms with Crippen LogP contribution in [0.5, 0.6) is 0 Å². The van der Waals surface area contributed by atoms with Crippen molar-refractivity contribution in [2.24, 2.45) is 0 Å². The molecule has 0 saturated carbocycles. The Morgan fingerprint density at radius 2 is 0.658 bits per heavy atom. The fourth-order valence-electron chi connectivity index (χ4n) is 11.6. The topological polar surface area (TPSA) is 149 Å². The first-order chi connectivity index (χ1) is 37.3. The number of unbranched alkanes of at least 4 members (excludes halogenated alkanes) is 51. The second kappa shape index (κ2) is 57.4. The Kier molecular flexibility index (Phi) is 55.3. The summed E-state index contributed by atoms with van der Waals surface area (Å²) in [5, 5.41) is 54.7. The van der Waals surface area contributed by atoms with Crippen LogP contribution in [0.25, 0.3) is 0 Å². The van der Waals surface area contributed by atoms with Gasteiger partial charge in [-0.3, -0.25) is 4.79 Å². The van der Waals surface area contributed by atoms with E-state index in [1.165, 1.54) is 302 Å². The summed E-state index contributed by atoms with van der Waals surface area (Å²) in [7, 11) is 0. The molecule has 0 spiro atoms. The number of ether oxygens (including phenoxy) is 2. The second-order valence-electron chi connectivity index (χ2n) is 24.3. The van der Waals surface area contributed by atoms with E-state index in [0.29, 0.717) is 12.8 Å². The number of nitrogens with one attached hydrogen (secondary N) is 1. The molecule has 6 N–H and O–H groups in total. The quantitative estimate of drug-likeness (QED) is 0.0330. The molecule has 7 atom stereocenters. The van der Waals surface area contributed by atoms with E-state index in [4.69, 9.17) is 9.47 Å². The van der Waals surface area contributed by atoms with Crippen LogP contribution in [-0.2, 0) is 14.3 Å². The number of hydrogen-bond acceptors (Lipinski definition) is 8. The summed E-state index contributed by atoms with van der Waals surface area (Å²) in [6.45, 7) is 3.89. The van der Waals surface area contributed by atoms with E-state index < -0.39 is 49.5 Å². The minimum Gasteiger partial charge on any atom is -0.394 e. The monoisotopic (exact) mass is 1080 g/mol. The van der Waals surface area contributed by atoms with Crippen LogP contribution in [0, 0.1) is 0 Å². The Morgan fingerprint density at radius 3 is 0.934 bits per heavy atom. The molecule has 1 rings (SSSR count). The van der Waals surface area contributed by atoms with Gasteiger partial charge in [-0.2, -0.15) is 0 Å². The van der Waals surface area contributed by atoms with Gasteiger partial charge in [0.15, 0.2) is 6.29 Å². The molecule has 454 valence electrons. The van der Waals surface area contributed by atoms with Gasteiger partial charge in [-0.1, -0.05) is 348 Å². The van der Waals surface area contributed by atoms with Gasteiger partial charge in [0.1, 0.15) is 24.4 Å². The average Bonchev–Trinajstić information content (AvgIpc) is 3.42. The van der Waals surface area contributed by atoms with Crippen LogP contribution in [-0.4, -0.2) is 87.5 Å². The van der Waals surface area contributed by atoms with Crippen molar-refractivity contribution in [2.75, 3.05) is 13.2 Å². The summed E-state index contributed by atoms with van der Waals surface area (Å²) in [5.41, 5.74) is 0. The SMILES string of the molecule is CCCCCCCCCCCCCCCCCCCCCCCCCCCCCCCCCCCCCCCCCC(=O)NC(COC1OC(CO)C(O)C(O)C1O)C(O)CCCCCCCCCCCCCCCC. The highest BCUT2D eigenvalue weighted by molar-refractivity contribution is 5.76. The Labute approximate surface area is 472 Å². The van der Waals surface area contributed by atoms with Crippen LogP contribution >= 0.6 is 0 Å². The highest BCUT2D eigenvalue weighted by Crippen LogP contribution is 2.24. The van der Waals surface area contributed by atoms with Crippen molar-refractivity contribution in [3.05, 3.63) is 0 Å². The summed E-state index contributed by atoms with van der Waals surface area (Å²) >= 11 is 0. The van der Waals surface area contributed by atoms with Gasteiger partial charge in [-0.15, -0.1) is 0 Å². The predicted molar refractivity (Wildman–Crippen MR) is 323 cm³/mol. The van der Waals surface area contributed by atoms with Gasteiger partial charge in [0.05, 0.1) is 25.4 Å². The molecule has 0 radical (unpaired) electrons. The third kappa shape index (κ3) is 45.9. The molecule has 1 saturated heterocycles. The lowest BCUT2D eigenvalue weighted by molar-refractivity contribution is -0.302. The number of carbonyl (C=O) groups excluding carboxylic acids is 1. The van der Waals surface area contributed by atoms with Gasteiger partial charge in [-0.25, -0.2) is 0 Å².